The summed E-state index contributed by atoms with van der Waals surface area (Å²) < 4.78 is 0. The zero-order chi connectivity index (χ0) is 50.2. The van der Waals surface area contributed by atoms with Gasteiger partial charge in [-0.3, -0.25) is 4.98 Å². The maximum absolute atomic E-state index is 5.19. The smallest absolute Gasteiger partial charge is 0.0707 e. The molecule has 0 unspecified atom stereocenters. The first-order valence-corrected chi connectivity index (χ1v) is 25.8. The van der Waals surface area contributed by atoms with Gasteiger partial charge >= 0.3 is 0 Å². The minimum Gasteiger partial charge on any atom is -0.256 e. The topological polar surface area (TPSA) is 12.9 Å². The van der Waals surface area contributed by atoms with Crippen LogP contribution in [0.4, 0.5) is 0 Å². The highest BCUT2D eigenvalue weighted by molar-refractivity contribution is 5.98. The lowest BCUT2D eigenvalue weighted by Gasteiger charge is -2.27. The molecule has 0 saturated heterocycles. The standard InChI is InChI=1S/C70H71N/c1-13-45(3)32-47(5)59-26-17-18-27-60(59)53-36-54(38-55(37-53)65-33-46(4)30-31-62(65)51-25-21-22-49(14-2)35-51)61-28-19-20-29-63(61)67-34-48(6)64(68-41-50-23-15-16-24-52(50)44-71-68)43-66(67)56-39-57(69(7,8)9)42-58(40-56)70(10,11)12/h14,17-22,25-44H,2,5,13,15-16,23-24H2,1,3-4,6-12H3/b45-32-. The molecule has 1 heteroatoms. The number of hydrogen-bond acceptors (Lipinski definition) is 1. The van der Waals surface area contributed by atoms with Crippen molar-refractivity contribution in [2.75, 3.05) is 0 Å². The molecule has 0 bridgehead atoms. The van der Waals surface area contributed by atoms with Gasteiger partial charge in [0.25, 0.3) is 0 Å². The first-order chi connectivity index (χ1) is 34.0. The van der Waals surface area contributed by atoms with Gasteiger partial charge in [-0.05, 0) is 211 Å². The van der Waals surface area contributed by atoms with Gasteiger partial charge in [0.15, 0.2) is 0 Å². The Morgan fingerprint density at radius 3 is 1.80 bits per heavy atom. The predicted octanol–water partition coefficient (Wildman–Crippen LogP) is 19.9. The van der Waals surface area contributed by atoms with E-state index in [1.807, 2.05) is 6.08 Å². The lowest BCUT2D eigenvalue weighted by Crippen LogP contribution is -2.16. The Labute approximate surface area is 425 Å². The summed E-state index contributed by atoms with van der Waals surface area (Å²) >= 11 is 0. The fourth-order valence-electron chi connectivity index (χ4n) is 10.4. The molecule has 1 aliphatic carbocycles. The van der Waals surface area contributed by atoms with Gasteiger partial charge in [-0.1, -0.05) is 194 Å². The molecule has 1 nitrogen and oxygen atoms in total. The Morgan fingerprint density at radius 2 is 1.13 bits per heavy atom. The fourth-order valence-corrected chi connectivity index (χ4v) is 10.4. The Morgan fingerprint density at radius 1 is 0.535 bits per heavy atom. The van der Waals surface area contributed by atoms with Crippen molar-refractivity contribution < 1.29 is 0 Å². The number of aryl methyl sites for hydroxylation is 4. The van der Waals surface area contributed by atoms with Crippen LogP contribution < -0.4 is 0 Å². The summed E-state index contributed by atoms with van der Waals surface area (Å²) in [5.41, 5.74) is 28.9. The van der Waals surface area contributed by atoms with E-state index in [1.165, 1.54) is 102 Å². The van der Waals surface area contributed by atoms with Crippen LogP contribution in [0, 0.1) is 13.8 Å². The number of aromatic nitrogens is 1. The Hall–Kier alpha value is -7.09. The number of benzene rings is 7. The van der Waals surface area contributed by atoms with E-state index < -0.39 is 0 Å². The Kier molecular flexibility index (Phi) is 13.8. The molecule has 9 rings (SSSR count). The van der Waals surface area contributed by atoms with Gasteiger partial charge in [-0.25, -0.2) is 0 Å². The number of hydrogen-bond donors (Lipinski definition) is 0. The minimum atomic E-state index is -0.0488. The van der Waals surface area contributed by atoms with E-state index in [-0.39, 0.29) is 10.8 Å². The zero-order valence-electron chi connectivity index (χ0n) is 44.0. The lowest BCUT2D eigenvalue weighted by molar-refractivity contribution is 0.569. The molecule has 8 aromatic rings. The van der Waals surface area contributed by atoms with Gasteiger partial charge in [-0.2, -0.15) is 0 Å². The molecule has 71 heavy (non-hydrogen) atoms. The third kappa shape index (κ3) is 10.4. The van der Waals surface area contributed by atoms with Crippen LogP contribution in [0.25, 0.3) is 89.7 Å². The average molecular weight is 926 g/mol. The van der Waals surface area contributed by atoms with Crippen molar-refractivity contribution in [2.45, 2.75) is 112 Å². The molecule has 0 N–H and O–H groups in total. The van der Waals surface area contributed by atoms with E-state index in [2.05, 4.69) is 240 Å². The molecule has 0 saturated carbocycles. The van der Waals surface area contributed by atoms with E-state index in [0.29, 0.717) is 0 Å². The van der Waals surface area contributed by atoms with Crippen molar-refractivity contribution in [3.8, 4) is 78.0 Å². The van der Waals surface area contributed by atoms with Crippen LogP contribution in [0.15, 0.2) is 177 Å². The molecule has 1 heterocycles. The van der Waals surface area contributed by atoms with Crippen molar-refractivity contribution in [1.82, 2.24) is 4.98 Å². The van der Waals surface area contributed by atoms with Gasteiger partial charge in [-0.15, -0.1) is 0 Å². The van der Waals surface area contributed by atoms with E-state index in [4.69, 9.17) is 4.98 Å². The SMILES string of the molecule is C=Cc1cccc(-c2ccc(C)cc2-c2cc(-c3ccccc3C(=C)/C=C(/C)CC)cc(-c3ccccc3-c3cc(C)c(-c4cc5c(cn4)CCCC5)cc3-c3cc(C(C)(C)C)cc(C(C)(C)C)c3)c2)c1. The molecule has 0 spiro atoms. The van der Waals surface area contributed by atoms with Crippen LogP contribution in [0.5, 0.6) is 0 Å². The average Bonchev–Trinajstić information content (AvgIpc) is 3.37. The fraction of sp³-hybridized carbons (Fsp3) is 0.243. The molecular formula is C70H71N. The van der Waals surface area contributed by atoms with Crippen molar-refractivity contribution in [3.05, 3.63) is 221 Å². The monoisotopic (exact) mass is 926 g/mol. The van der Waals surface area contributed by atoms with Crippen LogP contribution >= 0.6 is 0 Å². The highest BCUT2D eigenvalue weighted by Gasteiger charge is 2.25. The third-order valence-corrected chi connectivity index (χ3v) is 14.8. The predicted molar refractivity (Wildman–Crippen MR) is 309 cm³/mol. The van der Waals surface area contributed by atoms with E-state index in [1.54, 1.807) is 0 Å². The molecule has 356 valence electrons. The third-order valence-electron chi connectivity index (χ3n) is 14.8. The second-order valence-corrected chi connectivity index (χ2v) is 22.2. The van der Waals surface area contributed by atoms with Crippen molar-refractivity contribution in [3.63, 3.8) is 0 Å². The Balaban J connectivity index is 1.34. The van der Waals surface area contributed by atoms with Gasteiger partial charge in [0, 0.05) is 11.8 Å². The largest absolute Gasteiger partial charge is 0.256 e. The molecule has 7 aromatic carbocycles. The van der Waals surface area contributed by atoms with Gasteiger partial charge in [0.2, 0.25) is 0 Å². The van der Waals surface area contributed by atoms with Crippen LogP contribution in [-0.4, -0.2) is 4.98 Å². The molecule has 1 aromatic heterocycles. The highest BCUT2D eigenvalue weighted by atomic mass is 14.7. The van der Waals surface area contributed by atoms with Crippen molar-refractivity contribution >= 4 is 11.6 Å². The summed E-state index contributed by atoms with van der Waals surface area (Å²) in [7, 11) is 0. The molecule has 0 amide bonds. The van der Waals surface area contributed by atoms with Crippen LogP contribution in [-0.2, 0) is 23.7 Å². The second-order valence-electron chi connectivity index (χ2n) is 22.2. The molecule has 0 fully saturated rings. The second kappa shape index (κ2) is 20.0. The number of rotatable bonds is 11. The molecule has 0 radical (unpaired) electrons. The van der Waals surface area contributed by atoms with E-state index in [9.17, 15) is 0 Å². The summed E-state index contributed by atoms with van der Waals surface area (Å²) in [5.74, 6) is 0. The normalized spacial score (nSPS) is 13.0. The molecule has 1 aliphatic rings. The number of nitrogens with zero attached hydrogens (tertiary/aromatic N) is 1. The van der Waals surface area contributed by atoms with Gasteiger partial charge in [0.05, 0.1) is 5.69 Å². The van der Waals surface area contributed by atoms with Crippen LogP contribution in [0.2, 0.25) is 0 Å². The summed E-state index contributed by atoms with van der Waals surface area (Å²) in [6.45, 7) is 31.6. The van der Waals surface area contributed by atoms with Gasteiger partial charge < -0.3 is 0 Å². The number of allylic oxidation sites excluding steroid dienone is 3. The first kappa shape index (κ1) is 48.9. The highest BCUT2D eigenvalue weighted by Crippen LogP contribution is 2.46. The summed E-state index contributed by atoms with van der Waals surface area (Å²) in [6, 6.07) is 55.3. The van der Waals surface area contributed by atoms with Gasteiger partial charge in [0.1, 0.15) is 0 Å². The lowest BCUT2D eigenvalue weighted by atomic mass is 9.77. The quantitative estimate of drug-likeness (QED) is 0.118. The minimum absolute atomic E-state index is 0.0488. The Bertz CT molecular complexity index is 3340. The number of fused-ring (bicyclic) bond motifs is 1. The van der Waals surface area contributed by atoms with Crippen LogP contribution in [0.3, 0.4) is 0 Å². The molecule has 0 aliphatic heterocycles. The maximum atomic E-state index is 5.19. The molecule has 0 atom stereocenters. The summed E-state index contributed by atoms with van der Waals surface area (Å²) in [5, 5.41) is 0. The summed E-state index contributed by atoms with van der Waals surface area (Å²) in [4.78, 5) is 5.19. The summed E-state index contributed by atoms with van der Waals surface area (Å²) in [6.07, 6.45) is 12.0. The zero-order valence-corrected chi connectivity index (χ0v) is 44.0. The number of pyridine rings is 1. The van der Waals surface area contributed by atoms with E-state index >= 15 is 0 Å². The van der Waals surface area contributed by atoms with E-state index in [0.717, 1.165) is 63.9 Å². The van der Waals surface area contributed by atoms with Crippen molar-refractivity contribution in [1.29, 1.82) is 0 Å². The molecular weight excluding hydrogens is 855 g/mol. The maximum Gasteiger partial charge on any atom is 0.0707 e. The van der Waals surface area contributed by atoms with Crippen molar-refractivity contribution in [2.24, 2.45) is 0 Å². The first-order valence-electron chi connectivity index (χ1n) is 25.8. The van der Waals surface area contributed by atoms with Crippen LogP contribution in [0.1, 0.15) is 119 Å².